The topological polar surface area (TPSA) is 58.6 Å². The van der Waals surface area contributed by atoms with E-state index in [0.717, 1.165) is 16.7 Å². The van der Waals surface area contributed by atoms with Gasteiger partial charge in [-0.05, 0) is 55.2 Å². The molecular weight excluding hydrogens is 359 g/mol. The lowest BCUT2D eigenvalue weighted by molar-refractivity contribution is -0.142. The predicted molar refractivity (Wildman–Crippen MR) is 107 cm³/mol. The number of hydrogen-bond acceptors (Lipinski definition) is 3. The minimum absolute atomic E-state index is 0.182. The van der Waals surface area contributed by atoms with Crippen molar-refractivity contribution in [2.45, 2.75) is 39.8 Å². The molecule has 0 unspecified atom stereocenters. The summed E-state index contributed by atoms with van der Waals surface area (Å²) < 4.78 is 18.9. The molecule has 1 atom stereocenters. The Balaban J connectivity index is 2.21. The molecule has 0 saturated carbocycles. The molecule has 2 aromatic carbocycles. The second kappa shape index (κ2) is 9.88. The van der Waals surface area contributed by atoms with Crippen LogP contribution in [-0.2, 0) is 16.1 Å². The van der Waals surface area contributed by atoms with Crippen molar-refractivity contribution in [3.8, 4) is 5.75 Å². The van der Waals surface area contributed by atoms with E-state index in [1.807, 2.05) is 39.0 Å². The number of ether oxygens (including phenoxy) is 1. The van der Waals surface area contributed by atoms with Gasteiger partial charge in [0, 0.05) is 13.6 Å². The fourth-order valence-electron chi connectivity index (χ4n) is 2.98. The molecule has 2 aromatic rings. The molecule has 0 spiro atoms. The van der Waals surface area contributed by atoms with E-state index in [1.165, 1.54) is 24.1 Å². The van der Waals surface area contributed by atoms with Gasteiger partial charge in [-0.15, -0.1) is 0 Å². The van der Waals surface area contributed by atoms with Crippen LogP contribution in [0, 0.1) is 19.7 Å². The van der Waals surface area contributed by atoms with Crippen molar-refractivity contribution in [2.75, 3.05) is 13.7 Å². The van der Waals surface area contributed by atoms with Crippen LogP contribution in [0.1, 0.15) is 30.0 Å². The summed E-state index contributed by atoms with van der Waals surface area (Å²) in [4.78, 5) is 26.7. The van der Waals surface area contributed by atoms with Crippen molar-refractivity contribution in [1.82, 2.24) is 10.2 Å². The summed E-state index contributed by atoms with van der Waals surface area (Å²) in [6.07, 6.45) is 0.454. The van der Waals surface area contributed by atoms with Gasteiger partial charge in [0.1, 0.15) is 17.6 Å². The van der Waals surface area contributed by atoms with E-state index in [1.54, 1.807) is 12.1 Å². The van der Waals surface area contributed by atoms with Crippen molar-refractivity contribution in [3.05, 3.63) is 65.0 Å². The number of hydrogen-bond donors (Lipinski definition) is 1. The molecule has 150 valence electrons. The lowest BCUT2D eigenvalue weighted by Gasteiger charge is -2.30. The highest BCUT2D eigenvalue weighted by Crippen LogP contribution is 2.21. The predicted octanol–water partition coefficient (Wildman–Crippen LogP) is 3.37. The number of benzene rings is 2. The highest BCUT2D eigenvalue weighted by molar-refractivity contribution is 5.88. The van der Waals surface area contributed by atoms with Crippen LogP contribution in [-0.4, -0.2) is 36.4 Å². The molecule has 0 aliphatic rings. The number of rotatable bonds is 8. The standard InChI is InChI=1S/C22H27FN2O3/c1-5-19(22(27)24-4)25(13-17-9-11-18(23)12-10-17)21(26)14-28-20-8-6-7-15(2)16(20)3/h6-12,19H,5,13-14H2,1-4H3,(H,24,27)/t19-/m0/s1. The van der Waals surface area contributed by atoms with Crippen LogP contribution in [0.5, 0.6) is 5.75 Å². The maximum atomic E-state index is 13.2. The second-order valence-corrected chi connectivity index (χ2v) is 6.67. The Morgan fingerprint density at radius 1 is 1.14 bits per heavy atom. The minimum atomic E-state index is -0.634. The van der Waals surface area contributed by atoms with Crippen LogP contribution in [0.4, 0.5) is 4.39 Å². The van der Waals surface area contributed by atoms with Crippen LogP contribution >= 0.6 is 0 Å². The molecule has 0 aliphatic carbocycles. The largest absolute Gasteiger partial charge is 0.483 e. The van der Waals surface area contributed by atoms with E-state index in [0.29, 0.717) is 12.2 Å². The van der Waals surface area contributed by atoms with E-state index >= 15 is 0 Å². The molecule has 1 N–H and O–H groups in total. The van der Waals surface area contributed by atoms with Gasteiger partial charge in [0.05, 0.1) is 0 Å². The SMILES string of the molecule is CC[C@@H](C(=O)NC)N(Cc1ccc(F)cc1)C(=O)COc1cccc(C)c1C. The first-order valence-electron chi connectivity index (χ1n) is 9.31. The molecule has 2 rings (SSSR count). The van der Waals surface area contributed by atoms with Crippen molar-refractivity contribution >= 4 is 11.8 Å². The summed E-state index contributed by atoms with van der Waals surface area (Å²) in [5.74, 6) is -0.258. The average molecular weight is 386 g/mol. The van der Waals surface area contributed by atoms with Crippen molar-refractivity contribution in [3.63, 3.8) is 0 Å². The van der Waals surface area contributed by atoms with Crippen molar-refractivity contribution < 1.29 is 18.7 Å². The summed E-state index contributed by atoms with van der Waals surface area (Å²) >= 11 is 0. The normalized spacial score (nSPS) is 11.6. The van der Waals surface area contributed by atoms with Gasteiger partial charge in [-0.3, -0.25) is 9.59 Å². The van der Waals surface area contributed by atoms with Gasteiger partial charge >= 0.3 is 0 Å². The Hall–Kier alpha value is -2.89. The summed E-state index contributed by atoms with van der Waals surface area (Å²) in [7, 11) is 1.54. The first kappa shape index (κ1) is 21.4. The first-order valence-corrected chi connectivity index (χ1v) is 9.31. The Kier molecular flexibility index (Phi) is 7.55. The number of carbonyl (C=O) groups excluding carboxylic acids is 2. The molecule has 0 saturated heterocycles. The van der Waals surface area contributed by atoms with Gasteiger partial charge in [0.15, 0.2) is 6.61 Å². The molecule has 0 aromatic heterocycles. The zero-order valence-corrected chi connectivity index (χ0v) is 16.8. The third kappa shape index (κ3) is 5.31. The smallest absolute Gasteiger partial charge is 0.261 e. The maximum absolute atomic E-state index is 13.2. The van der Waals surface area contributed by atoms with Gasteiger partial charge in [-0.2, -0.15) is 0 Å². The molecule has 0 fully saturated rings. The third-order valence-electron chi connectivity index (χ3n) is 4.80. The summed E-state index contributed by atoms with van der Waals surface area (Å²) in [6.45, 7) is 5.77. The fourth-order valence-corrected chi connectivity index (χ4v) is 2.98. The number of nitrogens with zero attached hydrogens (tertiary/aromatic N) is 1. The molecule has 5 nitrogen and oxygen atoms in total. The van der Waals surface area contributed by atoms with Crippen molar-refractivity contribution in [2.24, 2.45) is 0 Å². The molecular formula is C22H27FN2O3. The van der Waals surface area contributed by atoms with Crippen LogP contribution < -0.4 is 10.1 Å². The summed E-state index contributed by atoms with van der Waals surface area (Å²) in [6, 6.07) is 10.9. The number of nitrogens with one attached hydrogen (secondary N) is 1. The molecule has 0 aliphatic heterocycles. The quantitative estimate of drug-likeness (QED) is 0.757. The molecule has 0 heterocycles. The van der Waals surface area contributed by atoms with E-state index in [4.69, 9.17) is 4.74 Å². The maximum Gasteiger partial charge on any atom is 0.261 e. The highest BCUT2D eigenvalue weighted by Gasteiger charge is 2.28. The lowest BCUT2D eigenvalue weighted by atomic mass is 10.1. The zero-order chi connectivity index (χ0) is 20.7. The average Bonchev–Trinajstić information content (AvgIpc) is 2.69. The third-order valence-corrected chi connectivity index (χ3v) is 4.80. The molecule has 6 heteroatoms. The lowest BCUT2D eigenvalue weighted by Crippen LogP contribution is -2.49. The number of likely N-dealkylation sites (N-methyl/N-ethyl adjacent to an activating group) is 1. The number of aryl methyl sites for hydroxylation is 1. The van der Waals surface area contributed by atoms with Gasteiger partial charge in [0.25, 0.3) is 5.91 Å². The number of carbonyl (C=O) groups is 2. The number of halogens is 1. The van der Waals surface area contributed by atoms with Crippen molar-refractivity contribution in [1.29, 1.82) is 0 Å². The van der Waals surface area contributed by atoms with Crippen LogP contribution in [0.25, 0.3) is 0 Å². The Labute approximate surface area is 165 Å². The van der Waals surface area contributed by atoms with Crippen LogP contribution in [0.15, 0.2) is 42.5 Å². The van der Waals surface area contributed by atoms with Gasteiger partial charge < -0.3 is 15.0 Å². The summed E-state index contributed by atoms with van der Waals surface area (Å²) in [5.41, 5.74) is 2.78. The minimum Gasteiger partial charge on any atom is -0.483 e. The van der Waals surface area contributed by atoms with Gasteiger partial charge in [-0.1, -0.05) is 31.2 Å². The van der Waals surface area contributed by atoms with Gasteiger partial charge in [0.2, 0.25) is 5.91 Å². The van der Waals surface area contributed by atoms with E-state index < -0.39 is 6.04 Å². The van der Waals surface area contributed by atoms with Crippen LogP contribution in [0.3, 0.4) is 0 Å². The molecule has 2 amide bonds. The fraction of sp³-hybridized carbons (Fsp3) is 0.364. The second-order valence-electron chi connectivity index (χ2n) is 6.67. The molecule has 0 radical (unpaired) electrons. The first-order chi connectivity index (χ1) is 13.4. The zero-order valence-electron chi connectivity index (χ0n) is 16.8. The Morgan fingerprint density at radius 2 is 1.82 bits per heavy atom. The van der Waals surface area contributed by atoms with E-state index in [2.05, 4.69) is 5.32 Å². The van der Waals surface area contributed by atoms with Crippen LogP contribution in [0.2, 0.25) is 0 Å². The number of amides is 2. The van der Waals surface area contributed by atoms with Gasteiger partial charge in [-0.25, -0.2) is 4.39 Å². The Morgan fingerprint density at radius 3 is 2.43 bits per heavy atom. The Bertz CT molecular complexity index is 821. The highest BCUT2D eigenvalue weighted by atomic mass is 19.1. The summed E-state index contributed by atoms with van der Waals surface area (Å²) in [5, 5.41) is 2.60. The van der Waals surface area contributed by atoms with E-state index in [-0.39, 0.29) is 30.8 Å². The van der Waals surface area contributed by atoms with E-state index in [9.17, 15) is 14.0 Å². The monoisotopic (exact) mass is 386 g/mol. The molecule has 28 heavy (non-hydrogen) atoms. The molecule has 0 bridgehead atoms.